The molecule has 4 aromatic rings. The van der Waals surface area contributed by atoms with Crippen LogP contribution in [0.15, 0.2) is 53.1 Å². The van der Waals surface area contributed by atoms with E-state index in [1.807, 2.05) is 23.6 Å². The number of rotatable bonds is 6. The van der Waals surface area contributed by atoms with Crippen LogP contribution in [-0.4, -0.2) is 30.5 Å². The molecular weight excluding hydrogens is 412 g/mol. The zero-order chi connectivity index (χ0) is 20.4. The Morgan fingerprint density at radius 3 is 2.90 bits per heavy atom. The molecule has 2 N–H and O–H groups in total. The highest BCUT2D eigenvalue weighted by Gasteiger charge is 2.19. The number of nitrogens with zero attached hydrogens (tertiary/aromatic N) is 4. The standard InChI is InChI=1S/C19H17ClN6O2S/c1-2-25-17(22-23-19(25)29)11-21-18(27)14-10-15(16-7-4-8-28-16)26(24-14)13-6-3-5-12(20)9-13/h3-10H,2,11H2,1H3,(H,21,27)(H,23,29). The number of hydrogen-bond acceptors (Lipinski definition) is 5. The van der Waals surface area contributed by atoms with Crippen molar-refractivity contribution in [1.82, 2.24) is 29.9 Å². The lowest BCUT2D eigenvalue weighted by molar-refractivity contribution is 0.0944. The highest BCUT2D eigenvalue weighted by atomic mass is 35.5. The lowest BCUT2D eigenvalue weighted by Gasteiger charge is -2.06. The van der Waals surface area contributed by atoms with Gasteiger partial charge in [0.25, 0.3) is 5.91 Å². The van der Waals surface area contributed by atoms with Crippen molar-refractivity contribution in [3.63, 3.8) is 0 Å². The van der Waals surface area contributed by atoms with Gasteiger partial charge in [0.05, 0.1) is 18.5 Å². The lowest BCUT2D eigenvalue weighted by atomic mass is 10.2. The van der Waals surface area contributed by atoms with Crippen LogP contribution in [-0.2, 0) is 13.1 Å². The van der Waals surface area contributed by atoms with E-state index in [0.29, 0.717) is 33.6 Å². The summed E-state index contributed by atoms with van der Waals surface area (Å²) in [4.78, 5) is 12.7. The van der Waals surface area contributed by atoms with Crippen LogP contribution in [0.2, 0.25) is 5.02 Å². The number of aromatic amines is 1. The third-order valence-corrected chi connectivity index (χ3v) is 4.88. The first-order chi connectivity index (χ1) is 14.1. The quantitative estimate of drug-likeness (QED) is 0.453. The summed E-state index contributed by atoms with van der Waals surface area (Å²) in [5, 5.41) is 14.7. The molecule has 3 aromatic heterocycles. The molecule has 8 nitrogen and oxygen atoms in total. The predicted molar refractivity (Wildman–Crippen MR) is 111 cm³/mol. The number of H-pyrrole nitrogens is 1. The van der Waals surface area contributed by atoms with Gasteiger partial charge in [0.15, 0.2) is 22.0 Å². The number of hydrogen-bond donors (Lipinski definition) is 2. The molecule has 1 aromatic carbocycles. The summed E-state index contributed by atoms with van der Waals surface area (Å²) in [6, 6.07) is 12.5. The van der Waals surface area contributed by atoms with Crippen molar-refractivity contribution in [3.8, 4) is 17.1 Å². The Morgan fingerprint density at radius 2 is 2.17 bits per heavy atom. The van der Waals surface area contributed by atoms with E-state index in [0.717, 1.165) is 5.69 Å². The molecule has 0 saturated heterocycles. The number of furan rings is 1. The lowest BCUT2D eigenvalue weighted by Crippen LogP contribution is -2.25. The second kappa shape index (κ2) is 8.06. The molecule has 1 amide bonds. The first-order valence-corrected chi connectivity index (χ1v) is 9.67. The monoisotopic (exact) mass is 428 g/mol. The number of nitrogens with one attached hydrogen (secondary N) is 2. The number of aromatic nitrogens is 5. The Morgan fingerprint density at radius 1 is 1.31 bits per heavy atom. The molecule has 0 atom stereocenters. The molecule has 0 unspecified atom stereocenters. The van der Waals surface area contributed by atoms with Gasteiger partial charge in [0.1, 0.15) is 5.69 Å². The largest absolute Gasteiger partial charge is 0.463 e. The van der Waals surface area contributed by atoms with Crippen molar-refractivity contribution in [3.05, 3.63) is 70.0 Å². The Labute approximate surface area is 176 Å². The minimum Gasteiger partial charge on any atom is -0.463 e. The van der Waals surface area contributed by atoms with Crippen LogP contribution in [0.5, 0.6) is 0 Å². The van der Waals surface area contributed by atoms with Crippen LogP contribution in [0.1, 0.15) is 23.2 Å². The van der Waals surface area contributed by atoms with Crippen LogP contribution in [0, 0.1) is 4.77 Å². The Kier molecular flexibility index (Phi) is 5.32. The van der Waals surface area contributed by atoms with Crippen LogP contribution in [0.3, 0.4) is 0 Å². The molecule has 4 rings (SSSR count). The van der Waals surface area contributed by atoms with E-state index in [1.165, 1.54) is 0 Å². The summed E-state index contributed by atoms with van der Waals surface area (Å²) in [6.07, 6.45) is 1.57. The van der Waals surface area contributed by atoms with Crippen molar-refractivity contribution in [2.45, 2.75) is 20.0 Å². The summed E-state index contributed by atoms with van der Waals surface area (Å²) in [7, 11) is 0. The van der Waals surface area contributed by atoms with Crippen LogP contribution < -0.4 is 5.32 Å². The fourth-order valence-electron chi connectivity index (χ4n) is 2.96. The molecular formula is C19H17ClN6O2S. The Balaban J connectivity index is 1.64. The average Bonchev–Trinajstić information content (AvgIpc) is 3.45. The fourth-order valence-corrected chi connectivity index (χ4v) is 3.42. The van der Waals surface area contributed by atoms with E-state index in [4.69, 9.17) is 28.2 Å². The second-order valence-corrected chi connectivity index (χ2v) is 6.98. The molecule has 10 heteroatoms. The predicted octanol–water partition coefficient (Wildman–Crippen LogP) is 3.99. The van der Waals surface area contributed by atoms with Crippen LogP contribution >= 0.6 is 23.8 Å². The van der Waals surface area contributed by atoms with Crippen molar-refractivity contribution >= 4 is 29.7 Å². The highest BCUT2D eigenvalue weighted by Crippen LogP contribution is 2.25. The van der Waals surface area contributed by atoms with Gasteiger partial charge in [-0.05, 0) is 49.5 Å². The summed E-state index contributed by atoms with van der Waals surface area (Å²) < 4.78 is 9.47. The molecule has 148 valence electrons. The number of carbonyl (C=O) groups excluding carboxylic acids is 1. The summed E-state index contributed by atoms with van der Waals surface area (Å²) >= 11 is 11.3. The van der Waals surface area contributed by atoms with Gasteiger partial charge >= 0.3 is 0 Å². The molecule has 0 radical (unpaired) electrons. The minimum absolute atomic E-state index is 0.222. The van der Waals surface area contributed by atoms with Crippen LogP contribution in [0.4, 0.5) is 0 Å². The molecule has 3 heterocycles. The molecule has 29 heavy (non-hydrogen) atoms. The average molecular weight is 429 g/mol. The zero-order valence-electron chi connectivity index (χ0n) is 15.4. The summed E-state index contributed by atoms with van der Waals surface area (Å²) in [5.74, 6) is 0.893. The molecule has 0 bridgehead atoms. The van der Waals surface area contributed by atoms with Crippen molar-refractivity contribution in [1.29, 1.82) is 0 Å². The minimum atomic E-state index is -0.338. The maximum Gasteiger partial charge on any atom is 0.272 e. The molecule has 0 spiro atoms. The van der Waals surface area contributed by atoms with Gasteiger partial charge in [-0.2, -0.15) is 10.2 Å². The molecule has 0 fully saturated rings. The maximum absolute atomic E-state index is 12.7. The molecule has 0 aliphatic rings. The van der Waals surface area contributed by atoms with Crippen molar-refractivity contribution in [2.24, 2.45) is 0 Å². The van der Waals surface area contributed by atoms with E-state index in [2.05, 4.69) is 20.6 Å². The summed E-state index contributed by atoms with van der Waals surface area (Å²) in [6.45, 7) is 2.84. The second-order valence-electron chi connectivity index (χ2n) is 6.16. The first-order valence-electron chi connectivity index (χ1n) is 8.89. The van der Waals surface area contributed by atoms with E-state index in [-0.39, 0.29) is 18.1 Å². The zero-order valence-corrected chi connectivity index (χ0v) is 17.0. The van der Waals surface area contributed by atoms with E-state index in [9.17, 15) is 4.79 Å². The SMILES string of the molecule is CCn1c(CNC(=O)c2cc(-c3ccco3)n(-c3cccc(Cl)c3)n2)n[nH]c1=S. The maximum atomic E-state index is 12.7. The molecule has 0 aliphatic heterocycles. The van der Waals surface area contributed by atoms with E-state index >= 15 is 0 Å². The van der Waals surface area contributed by atoms with E-state index < -0.39 is 0 Å². The number of amides is 1. The normalized spacial score (nSPS) is 11.0. The van der Waals surface area contributed by atoms with Gasteiger partial charge in [-0.15, -0.1) is 0 Å². The van der Waals surface area contributed by atoms with Crippen molar-refractivity contribution < 1.29 is 9.21 Å². The smallest absolute Gasteiger partial charge is 0.272 e. The third kappa shape index (κ3) is 3.87. The number of halogens is 1. The third-order valence-electron chi connectivity index (χ3n) is 4.33. The molecule has 0 aliphatic carbocycles. The van der Waals surface area contributed by atoms with Gasteiger partial charge in [0, 0.05) is 17.6 Å². The van der Waals surface area contributed by atoms with Gasteiger partial charge in [-0.25, -0.2) is 4.68 Å². The van der Waals surface area contributed by atoms with Crippen LogP contribution in [0.25, 0.3) is 17.1 Å². The van der Waals surface area contributed by atoms with Gasteiger partial charge in [-0.3, -0.25) is 9.89 Å². The Hall–Kier alpha value is -3.17. The first kappa shape index (κ1) is 19.2. The number of carbonyl (C=O) groups is 1. The van der Waals surface area contributed by atoms with Crippen molar-refractivity contribution in [2.75, 3.05) is 0 Å². The van der Waals surface area contributed by atoms with E-state index in [1.54, 1.807) is 41.3 Å². The summed E-state index contributed by atoms with van der Waals surface area (Å²) in [5.41, 5.74) is 1.60. The van der Waals surface area contributed by atoms with Gasteiger partial charge < -0.3 is 14.3 Å². The van der Waals surface area contributed by atoms with Gasteiger partial charge in [0.2, 0.25) is 0 Å². The molecule has 0 saturated carbocycles. The Bertz CT molecular complexity index is 1210. The highest BCUT2D eigenvalue weighted by molar-refractivity contribution is 7.71. The number of benzene rings is 1. The van der Waals surface area contributed by atoms with Gasteiger partial charge in [-0.1, -0.05) is 17.7 Å². The topological polar surface area (TPSA) is 93.7 Å². The fraction of sp³-hybridized carbons (Fsp3) is 0.158.